The van der Waals surface area contributed by atoms with E-state index in [0.29, 0.717) is 0 Å². The molecule has 0 aromatic carbocycles. The van der Waals surface area contributed by atoms with Gasteiger partial charge in [-0.15, -0.1) is 0 Å². The number of hydrogen-bond acceptors (Lipinski definition) is 8. The summed E-state index contributed by atoms with van der Waals surface area (Å²) < 4.78 is 0. The Balaban J connectivity index is -0.000000105. The molecule has 82 valence electrons. The van der Waals surface area contributed by atoms with E-state index in [1.165, 1.54) is 0 Å². The molecular weight excluding hydrogens is 268 g/mol. The molecule has 10 nitrogen and oxygen atoms in total. The SMILES string of the molecule is O=C([O-])C(O)C(O)C(=O)O.O=[N+]([O-])[O-].[K+].[Na+]. The Morgan fingerprint density at radius 1 is 1.12 bits per heavy atom. The monoisotopic (exact) mass is 273 g/mol. The molecular formula is C4H5KNNaO9. The number of hydrogen-bond donors (Lipinski definition) is 3. The van der Waals surface area contributed by atoms with Crippen LogP contribution in [0.25, 0.3) is 0 Å². The quantitative estimate of drug-likeness (QED) is 0.255. The number of carbonyl (C=O) groups is 2. The molecule has 0 spiro atoms. The maximum atomic E-state index is 9.74. The fraction of sp³-hybridized carbons (Fsp3) is 0.500. The second-order valence-electron chi connectivity index (χ2n) is 1.77. The maximum Gasteiger partial charge on any atom is 1.00 e. The van der Waals surface area contributed by atoms with E-state index in [0.717, 1.165) is 0 Å². The first-order valence-electron chi connectivity index (χ1n) is 2.81. The predicted octanol–water partition coefficient (Wildman–Crippen LogP) is -9.69. The molecule has 0 bridgehead atoms. The first kappa shape index (κ1) is 25.5. The zero-order chi connectivity index (χ0) is 11.9. The zero-order valence-electron chi connectivity index (χ0n) is 8.39. The third kappa shape index (κ3) is 17.1. The molecule has 0 saturated carbocycles. The van der Waals surface area contributed by atoms with Crippen LogP contribution < -0.4 is 86.0 Å². The minimum atomic E-state index is -2.38. The minimum absolute atomic E-state index is 0. The fourth-order valence-electron chi connectivity index (χ4n) is 0.264. The normalized spacial score (nSPS) is 11.4. The second-order valence-corrected chi connectivity index (χ2v) is 1.77. The van der Waals surface area contributed by atoms with E-state index in [1.54, 1.807) is 0 Å². The maximum absolute atomic E-state index is 9.74. The van der Waals surface area contributed by atoms with Crippen LogP contribution in [0.1, 0.15) is 0 Å². The Bertz CT molecular complexity index is 214. The second kappa shape index (κ2) is 13.8. The average Bonchev–Trinajstić information content (AvgIpc) is 2.00. The van der Waals surface area contributed by atoms with Gasteiger partial charge in [0, 0.05) is 0 Å². The summed E-state index contributed by atoms with van der Waals surface area (Å²) in [5.41, 5.74) is 0. The van der Waals surface area contributed by atoms with Crippen molar-refractivity contribution in [3.8, 4) is 0 Å². The summed E-state index contributed by atoms with van der Waals surface area (Å²) in [6.07, 6.45) is -4.71. The molecule has 0 saturated heterocycles. The number of carboxylic acid groups (broad SMARTS) is 2. The molecule has 0 aliphatic heterocycles. The summed E-state index contributed by atoms with van der Waals surface area (Å²) >= 11 is 0. The van der Waals surface area contributed by atoms with E-state index < -0.39 is 29.2 Å². The molecule has 0 aromatic heterocycles. The molecule has 2 unspecified atom stereocenters. The van der Waals surface area contributed by atoms with Crippen LogP contribution in [-0.4, -0.2) is 44.6 Å². The van der Waals surface area contributed by atoms with Crippen LogP contribution in [0.2, 0.25) is 0 Å². The van der Waals surface area contributed by atoms with Crippen LogP contribution >= 0.6 is 0 Å². The van der Waals surface area contributed by atoms with Gasteiger partial charge in [0.2, 0.25) is 0 Å². The molecule has 0 heterocycles. The van der Waals surface area contributed by atoms with E-state index >= 15 is 0 Å². The van der Waals surface area contributed by atoms with E-state index in [9.17, 15) is 14.7 Å². The third-order valence-electron chi connectivity index (χ3n) is 0.794. The van der Waals surface area contributed by atoms with Gasteiger partial charge in [-0.3, -0.25) is 0 Å². The number of carbonyl (C=O) groups excluding carboxylic acids is 1. The summed E-state index contributed by atoms with van der Waals surface area (Å²) in [4.78, 5) is 27.7. The predicted molar refractivity (Wildman–Crippen MR) is 35.0 cm³/mol. The molecule has 0 aromatic rings. The van der Waals surface area contributed by atoms with Gasteiger partial charge in [0.1, 0.15) is 6.10 Å². The average molecular weight is 273 g/mol. The van der Waals surface area contributed by atoms with Crippen molar-refractivity contribution >= 4 is 11.9 Å². The van der Waals surface area contributed by atoms with Crippen molar-refractivity contribution in [2.24, 2.45) is 0 Å². The van der Waals surface area contributed by atoms with Crippen LogP contribution in [0, 0.1) is 15.3 Å². The summed E-state index contributed by atoms with van der Waals surface area (Å²) in [7, 11) is 0. The van der Waals surface area contributed by atoms with Crippen LogP contribution in [0.5, 0.6) is 0 Å². The third-order valence-corrected chi connectivity index (χ3v) is 0.794. The Labute approximate surface area is 153 Å². The van der Waals surface area contributed by atoms with Crippen molar-refractivity contribution in [2.45, 2.75) is 12.2 Å². The van der Waals surface area contributed by atoms with Crippen LogP contribution in [0.3, 0.4) is 0 Å². The molecule has 2 atom stereocenters. The number of rotatable bonds is 3. The van der Waals surface area contributed by atoms with Gasteiger partial charge in [-0.05, 0) is 0 Å². The van der Waals surface area contributed by atoms with Gasteiger partial charge in [0.05, 0.1) is 11.1 Å². The van der Waals surface area contributed by atoms with E-state index in [-0.39, 0.29) is 80.9 Å². The van der Waals surface area contributed by atoms with Gasteiger partial charge < -0.3 is 40.5 Å². The number of aliphatic carboxylic acids is 2. The number of carboxylic acids is 2. The van der Waals surface area contributed by atoms with Crippen LogP contribution in [0.4, 0.5) is 0 Å². The van der Waals surface area contributed by atoms with Gasteiger partial charge in [-0.2, -0.15) is 0 Å². The number of aliphatic hydroxyl groups is 2. The van der Waals surface area contributed by atoms with Gasteiger partial charge >= 0.3 is 86.9 Å². The fourth-order valence-corrected chi connectivity index (χ4v) is 0.264. The molecule has 16 heavy (non-hydrogen) atoms. The van der Waals surface area contributed by atoms with Crippen molar-refractivity contribution in [3.63, 3.8) is 0 Å². The summed E-state index contributed by atoms with van der Waals surface area (Å²) in [6, 6.07) is 0. The van der Waals surface area contributed by atoms with Crippen molar-refractivity contribution in [1.82, 2.24) is 0 Å². The molecule has 0 aliphatic rings. The van der Waals surface area contributed by atoms with E-state index in [1.807, 2.05) is 0 Å². The molecule has 0 fully saturated rings. The van der Waals surface area contributed by atoms with E-state index in [4.69, 9.17) is 30.6 Å². The molecule has 0 rings (SSSR count). The standard InChI is InChI=1S/C4H6O6.K.NO3.Na/c5-1(3(7)8)2(6)4(9)10;;2-1(3)4;/h1-2,5-6H,(H,7,8)(H,9,10);;;/q;+1;-1;+1/p-1. The summed E-state index contributed by atoms with van der Waals surface area (Å²) in [5, 5.41) is 48.9. The van der Waals surface area contributed by atoms with Crippen molar-refractivity contribution in [2.75, 3.05) is 0 Å². The number of nitrogens with zero attached hydrogens (tertiary/aromatic N) is 1. The Morgan fingerprint density at radius 3 is 1.44 bits per heavy atom. The van der Waals surface area contributed by atoms with Crippen LogP contribution in [0.15, 0.2) is 0 Å². The molecule has 0 amide bonds. The van der Waals surface area contributed by atoms with Crippen molar-refractivity contribution in [1.29, 1.82) is 0 Å². The van der Waals surface area contributed by atoms with Gasteiger partial charge in [-0.1, -0.05) is 0 Å². The number of aliphatic hydroxyl groups excluding tert-OH is 2. The van der Waals surface area contributed by atoms with E-state index in [2.05, 4.69) is 0 Å². The largest absolute Gasteiger partial charge is 1.00 e. The summed E-state index contributed by atoms with van der Waals surface area (Å²) in [6.45, 7) is 0. The van der Waals surface area contributed by atoms with Crippen molar-refractivity contribution in [3.05, 3.63) is 15.3 Å². The smallest absolute Gasteiger partial charge is 0.547 e. The molecule has 0 radical (unpaired) electrons. The summed E-state index contributed by atoms with van der Waals surface area (Å²) in [5.74, 6) is -3.83. The van der Waals surface area contributed by atoms with Crippen LogP contribution in [-0.2, 0) is 9.59 Å². The van der Waals surface area contributed by atoms with Gasteiger partial charge in [0.15, 0.2) is 6.10 Å². The molecule has 0 aliphatic carbocycles. The van der Waals surface area contributed by atoms with Gasteiger partial charge in [-0.25, -0.2) is 4.79 Å². The first-order valence-corrected chi connectivity index (χ1v) is 2.81. The van der Waals surface area contributed by atoms with Gasteiger partial charge in [0.25, 0.3) is 0 Å². The van der Waals surface area contributed by atoms with Crippen molar-refractivity contribution < 1.29 is 116 Å². The zero-order valence-corrected chi connectivity index (χ0v) is 13.5. The Morgan fingerprint density at radius 2 is 1.38 bits per heavy atom. The minimum Gasteiger partial charge on any atom is -0.547 e. The Kier molecular flexibility index (Phi) is 21.9. The molecule has 12 heteroatoms. The Hall–Kier alpha value is 0.696. The first-order chi connectivity index (χ1) is 6.20. The molecule has 3 N–H and O–H groups in total. The topological polar surface area (TPSA) is 184 Å².